The molecule has 0 aliphatic heterocycles. The summed E-state index contributed by atoms with van der Waals surface area (Å²) in [5.41, 5.74) is 0.968. The van der Waals surface area contributed by atoms with E-state index in [1.165, 1.54) is 0 Å². The molecule has 0 amide bonds. The molecule has 0 N–H and O–H groups in total. The number of hydrogen-bond donors (Lipinski definition) is 0. The van der Waals surface area contributed by atoms with Gasteiger partial charge in [-0.25, -0.2) is 0 Å². The van der Waals surface area contributed by atoms with Gasteiger partial charge in [0.15, 0.2) is 0 Å². The molecule has 1 unspecified atom stereocenters. The molecule has 3 nitrogen and oxygen atoms in total. The molecule has 0 spiro atoms. The Morgan fingerprint density at radius 3 is 2.75 bits per heavy atom. The Kier molecular flexibility index (Phi) is 1.04. The van der Waals surface area contributed by atoms with Gasteiger partial charge in [-0.2, -0.15) is 0 Å². The second-order valence-corrected chi connectivity index (χ2v) is 1.87. The summed E-state index contributed by atoms with van der Waals surface area (Å²) in [6.45, 7) is 1.83. The highest BCUT2D eigenvalue weighted by molar-refractivity contribution is 5.23. The summed E-state index contributed by atoms with van der Waals surface area (Å²) in [6, 6.07) is -0.333. The summed E-state index contributed by atoms with van der Waals surface area (Å²) in [7, 11) is 0. The van der Waals surface area contributed by atoms with Gasteiger partial charge in [-0.15, -0.1) is 0 Å². The minimum Gasteiger partial charge on any atom is -0.264 e. The van der Waals surface area contributed by atoms with Crippen LogP contribution in [0.3, 0.4) is 0 Å². The maximum atomic E-state index is 9.90. The van der Waals surface area contributed by atoms with E-state index >= 15 is 0 Å². The van der Waals surface area contributed by atoms with E-state index in [0.717, 1.165) is 5.57 Å². The number of rotatable bonds is 1. The summed E-state index contributed by atoms with van der Waals surface area (Å²) < 4.78 is 0. The van der Waals surface area contributed by atoms with E-state index in [0.29, 0.717) is 6.42 Å². The summed E-state index contributed by atoms with van der Waals surface area (Å²) >= 11 is 0. The molecule has 0 heterocycles. The Balaban J connectivity index is 2.49. The molecule has 3 heteroatoms. The molecule has 1 aliphatic rings. The van der Waals surface area contributed by atoms with Crippen LogP contribution in [0.15, 0.2) is 11.6 Å². The second-order valence-electron chi connectivity index (χ2n) is 1.87. The van der Waals surface area contributed by atoms with E-state index in [4.69, 9.17) is 0 Å². The summed E-state index contributed by atoms with van der Waals surface area (Å²) in [5, 5.41) is 9.90. The van der Waals surface area contributed by atoms with Crippen LogP contribution in [0.1, 0.15) is 13.3 Å². The Hall–Kier alpha value is -0.860. The van der Waals surface area contributed by atoms with E-state index in [-0.39, 0.29) is 11.0 Å². The van der Waals surface area contributed by atoms with Gasteiger partial charge in [0.2, 0.25) is 6.04 Å². The van der Waals surface area contributed by atoms with Crippen LogP contribution in [0.25, 0.3) is 0 Å². The molecule has 44 valence electrons. The Labute approximate surface area is 47.2 Å². The van der Waals surface area contributed by atoms with E-state index in [1.807, 2.05) is 13.0 Å². The number of nitrogens with zero attached hydrogens (tertiary/aromatic N) is 1. The second kappa shape index (κ2) is 1.58. The topological polar surface area (TPSA) is 43.1 Å². The fourth-order valence-corrected chi connectivity index (χ4v) is 0.685. The van der Waals surface area contributed by atoms with Crippen LogP contribution in [0.4, 0.5) is 0 Å². The van der Waals surface area contributed by atoms with Crippen molar-refractivity contribution in [2.75, 3.05) is 0 Å². The van der Waals surface area contributed by atoms with E-state index < -0.39 is 0 Å². The third-order valence-corrected chi connectivity index (χ3v) is 1.32. The smallest absolute Gasteiger partial charge is 0.238 e. The fraction of sp³-hybridized carbons (Fsp3) is 0.600. The van der Waals surface area contributed by atoms with E-state index in [1.54, 1.807) is 0 Å². The van der Waals surface area contributed by atoms with Crippen molar-refractivity contribution < 1.29 is 4.92 Å². The first-order valence-corrected chi connectivity index (χ1v) is 2.54. The standard InChI is InChI=1S/C5H7NO2/c1-2-4-3-5(4)6(7)8/h2,5H,3H2,1H3/b4-2+. The number of hydrogen-bond acceptors (Lipinski definition) is 2. The highest BCUT2D eigenvalue weighted by Crippen LogP contribution is 2.31. The molecule has 8 heavy (non-hydrogen) atoms. The van der Waals surface area contributed by atoms with Crippen molar-refractivity contribution in [1.29, 1.82) is 0 Å². The lowest BCUT2D eigenvalue weighted by atomic mass is 10.5. The van der Waals surface area contributed by atoms with Gasteiger partial charge in [0.1, 0.15) is 0 Å². The molecule has 0 aromatic rings. The normalized spacial score (nSPS) is 30.6. The highest BCUT2D eigenvalue weighted by atomic mass is 16.6. The minimum absolute atomic E-state index is 0.241. The van der Waals surface area contributed by atoms with Crippen molar-refractivity contribution >= 4 is 0 Å². The first-order chi connectivity index (χ1) is 3.75. The maximum Gasteiger partial charge on any atom is 0.238 e. The lowest BCUT2D eigenvalue weighted by Gasteiger charge is -1.78. The summed E-state index contributed by atoms with van der Waals surface area (Å²) in [4.78, 5) is 9.65. The van der Waals surface area contributed by atoms with Crippen LogP contribution in [0, 0.1) is 10.1 Å². The third-order valence-electron chi connectivity index (χ3n) is 1.32. The summed E-state index contributed by atoms with van der Waals surface area (Å²) in [5.74, 6) is 0. The molecular weight excluding hydrogens is 106 g/mol. The molecule has 0 radical (unpaired) electrons. The molecule has 1 aliphatic carbocycles. The van der Waals surface area contributed by atoms with Crippen molar-refractivity contribution in [3.8, 4) is 0 Å². The van der Waals surface area contributed by atoms with E-state index in [2.05, 4.69) is 0 Å². The zero-order valence-electron chi connectivity index (χ0n) is 4.63. The predicted octanol–water partition coefficient (Wildman–Crippen LogP) is 0.982. The van der Waals surface area contributed by atoms with E-state index in [9.17, 15) is 10.1 Å². The van der Waals surface area contributed by atoms with Crippen molar-refractivity contribution in [3.63, 3.8) is 0 Å². The average Bonchev–Trinajstić information content (AvgIpc) is 2.42. The van der Waals surface area contributed by atoms with Crippen molar-refractivity contribution in [2.24, 2.45) is 0 Å². The van der Waals surface area contributed by atoms with Gasteiger partial charge in [-0.05, 0) is 6.92 Å². The van der Waals surface area contributed by atoms with Crippen LogP contribution in [-0.4, -0.2) is 11.0 Å². The highest BCUT2D eigenvalue weighted by Gasteiger charge is 2.40. The summed E-state index contributed by atoms with van der Waals surface area (Å²) in [6.07, 6.45) is 2.48. The molecule has 1 fully saturated rings. The van der Waals surface area contributed by atoms with Crippen LogP contribution >= 0.6 is 0 Å². The zero-order chi connectivity index (χ0) is 6.15. The third kappa shape index (κ3) is 0.710. The lowest BCUT2D eigenvalue weighted by Crippen LogP contribution is -1.99. The van der Waals surface area contributed by atoms with Crippen molar-refractivity contribution in [1.82, 2.24) is 0 Å². The molecule has 0 bridgehead atoms. The Bertz CT molecular complexity index is 151. The van der Waals surface area contributed by atoms with Crippen LogP contribution < -0.4 is 0 Å². The largest absolute Gasteiger partial charge is 0.264 e. The minimum atomic E-state index is -0.333. The zero-order valence-corrected chi connectivity index (χ0v) is 4.63. The molecule has 1 atom stereocenters. The first kappa shape index (κ1) is 5.28. The van der Waals surface area contributed by atoms with Crippen LogP contribution in [0.5, 0.6) is 0 Å². The monoisotopic (exact) mass is 113 g/mol. The molecule has 0 saturated heterocycles. The predicted molar refractivity (Wildman–Crippen MR) is 29.2 cm³/mol. The Morgan fingerprint density at radius 1 is 2.00 bits per heavy atom. The van der Waals surface area contributed by atoms with Gasteiger partial charge in [0.25, 0.3) is 0 Å². The van der Waals surface area contributed by atoms with Gasteiger partial charge >= 0.3 is 0 Å². The molecular formula is C5H7NO2. The average molecular weight is 113 g/mol. The number of nitro groups is 1. The lowest BCUT2D eigenvalue weighted by molar-refractivity contribution is -0.490. The quantitative estimate of drug-likeness (QED) is 0.289. The van der Waals surface area contributed by atoms with Gasteiger partial charge in [0.05, 0.1) is 0 Å². The van der Waals surface area contributed by atoms with Crippen molar-refractivity contribution in [3.05, 3.63) is 21.8 Å². The fourth-order valence-electron chi connectivity index (χ4n) is 0.685. The first-order valence-electron chi connectivity index (χ1n) is 2.54. The van der Waals surface area contributed by atoms with Crippen LogP contribution in [-0.2, 0) is 0 Å². The molecule has 1 saturated carbocycles. The van der Waals surface area contributed by atoms with Gasteiger partial charge in [0, 0.05) is 16.9 Å². The Morgan fingerprint density at radius 2 is 2.62 bits per heavy atom. The molecule has 0 aromatic carbocycles. The molecule has 0 aromatic heterocycles. The SMILES string of the molecule is C/C=C1\CC1[N+](=O)[O-]. The maximum absolute atomic E-state index is 9.90. The van der Waals surface area contributed by atoms with Gasteiger partial charge < -0.3 is 0 Å². The van der Waals surface area contributed by atoms with Gasteiger partial charge in [-0.3, -0.25) is 10.1 Å². The van der Waals surface area contributed by atoms with Gasteiger partial charge in [-0.1, -0.05) is 6.08 Å². The molecule has 1 rings (SSSR count). The number of allylic oxidation sites excluding steroid dienone is 1. The van der Waals surface area contributed by atoms with Crippen LogP contribution in [0.2, 0.25) is 0 Å². The van der Waals surface area contributed by atoms with Crippen molar-refractivity contribution in [2.45, 2.75) is 19.4 Å².